The van der Waals surface area contributed by atoms with Gasteiger partial charge in [0, 0.05) is 0 Å². The average molecular weight is 222 g/mol. The van der Waals surface area contributed by atoms with Crippen LogP contribution in [0, 0.1) is 0 Å². The van der Waals surface area contributed by atoms with Gasteiger partial charge in [0.2, 0.25) is 0 Å². The molecule has 0 aromatic carbocycles. The summed E-state index contributed by atoms with van der Waals surface area (Å²) in [6, 6.07) is 0. The summed E-state index contributed by atoms with van der Waals surface area (Å²) in [7, 11) is 0. The molecule has 0 aliphatic heterocycles. The van der Waals surface area contributed by atoms with Gasteiger partial charge in [0.05, 0.1) is 0 Å². The smallest absolute Gasteiger partial charge is 0.0313 e. The quantitative estimate of drug-likeness (QED) is 0.312. The van der Waals surface area contributed by atoms with E-state index in [2.05, 4.69) is 39.0 Å². The third kappa shape index (κ3) is 10.0. The van der Waals surface area contributed by atoms with Crippen molar-refractivity contribution in [2.75, 3.05) is 0 Å². The van der Waals surface area contributed by atoms with Gasteiger partial charge >= 0.3 is 0 Å². The van der Waals surface area contributed by atoms with Crippen molar-refractivity contribution in [3.05, 3.63) is 23.8 Å². The van der Waals surface area contributed by atoms with Gasteiger partial charge in [-0.1, -0.05) is 70.3 Å². The van der Waals surface area contributed by atoms with E-state index in [9.17, 15) is 0 Å². The molecule has 0 aromatic heterocycles. The second-order valence-corrected chi connectivity index (χ2v) is 4.55. The van der Waals surface area contributed by atoms with Crippen LogP contribution >= 0.6 is 0 Å². The summed E-state index contributed by atoms with van der Waals surface area (Å²) in [6.45, 7) is 6.79. The van der Waals surface area contributed by atoms with Crippen molar-refractivity contribution in [3.8, 4) is 0 Å². The van der Waals surface area contributed by atoms with Crippen molar-refractivity contribution >= 4 is 0 Å². The molecule has 0 amide bonds. The van der Waals surface area contributed by atoms with Gasteiger partial charge < -0.3 is 0 Å². The van der Waals surface area contributed by atoms with E-state index >= 15 is 0 Å². The van der Waals surface area contributed by atoms with Gasteiger partial charge in [0.25, 0.3) is 0 Å². The first kappa shape index (κ1) is 15.5. The van der Waals surface area contributed by atoms with Crippen LogP contribution in [-0.4, -0.2) is 0 Å². The molecule has 0 aliphatic rings. The maximum atomic E-state index is 2.47. The van der Waals surface area contributed by atoms with E-state index in [1.807, 2.05) is 0 Å². The molecule has 94 valence electrons. The molecule has 0 aliphatic carbocycles. The van der Waals surface area contributed by atoms with Crippen LogP contribution in [0.25, 0.3) is 0 Å². The Balaban J connectivity index is 3.64. The summed E-state index contributed by atoms with van der Waals surface area (Å²) < 4.78 is 0. The normalized spacial score (nSPS) is 10.9. The highest BCUT2D eigenvalue weighted by atomic mass is 14.0. The summed E-state index contributed by atoms with van der Waals surface area (Å²) in [6.07, 6.45) is 18.7. The monoisotopic (exact) mass is 222 g/mol. The molecule has 0 heteroatoms. The van der Waals surface area contributed by atoms with Crippen LogP contribution in [0.1, 0.15) is 78.6 Å². The molecule has 0 bridgehead atoms. The lowest BCUT2D eigenvalue weighted by Gasteiger charge is -2.03. The van der Waals surface area contributed by atoms with E-state index < -0.39 is 0 Å². The topological polar surface area (TPSA) is 0 Å². The Labute approximate surface area is 103 Å². The van der Waals surface area contributed by atoms with E-state index in [0.717, 1.165) is 0 Å². The summed E-state index contributed by atoms with van der Waals surface area (Å²) >= 11 is 0. The Morgan fingerprint density at radius 3 is 1.94 bits per heavy atom. The van der Waals surface area contributed by atoms with Crippen LogP contribution in [0.2, 0.25) is 0 Å². The maximum Gasteiger partial charge on any atom is -0.0313 e. The predicted molar refractivity (Wildman–Crippen MR) is 75.8 cm³/mol. The minimum atomic E-state index is 1.22. The first-order valence-corrected chi connectivity index (χ1v) is 7.18. The molecular formula is C16H30. The van der Waals surface area contributed by atoms with Crippen molar-refractivity contribution in [2.45, 2.75) is 78.6 Å². The van der Waals surface area contributed by atoms with Crippen molar-refractivity contribution in [1.29, 1.82) is 0 Å². The highest BCUT2D eigenvalue weighted by molar-refractivity contribution is 5.02. The number of allylic oxidation sites excluding steroid dienone is 4. The zero-order chi connectivity index (χ0) is 12.1. The fraction of sp³-hybridized carbons (Fsp3) is 0.750. The van der Waals surface area contributed by atoms with Crippen LogP contribution in [0.5, 0.6) is 0 Å². The largest absolute Gasteiger partial charge is 0.0885 e. The molecule has 0 spiro atoms. The highest BCUT2D eigenvalue weighted by Gasteiger charge is 1.93. The molecule has 16 heavy (non-hydrogen) atoms. The van der Waals surface area contributed by atoms with Gasteiger partial charge in [-0.15, -0.1) is 0 Å². The van der Waals surface area contributed by atoms with Crippen LogP contribution in [0.15, 0.2) is 23.8 Å². The third-order valence-electron chi connectivity index (χ3n) is 2.80. The zero-order valence-corrected chi connectivity index (χ0v) is 11.6. The van der Waals surface area contributed by atoms with Gasteiger partial charge in [-0.2, -0.15) is 0 Å². The van der Waals surface area contributed by atoms with Crippen LogP contribution in [0.3, 0.4) is 0 Å². The Morgan fingerprint density at radius 2 is 1.38 bits per heavy atom. The Kier molecular flexibility index (Phi) is 12.1. The highest BCUT2D eigenvalue weighted by Crippen LogP contribution is 2.13. The van der Waals surface area contributed by atoms with Crippen molar-refractivity contribution in [3.63, 3.8) is 0 Å². The lowest BCUT2D eigenvalue weighted by atomic mass is 10.0. The van der Waals surface area contributed by atoms with Crippen LogP contribution in [0.4, 0.5) is 0 Å². The van der Waals surface area contributed by atoms with E-state index in [1.165, 1.54) is 57.8 Å². The first-order chi connectivity index (χ1) is 7.85. The molecular weight excluding hydrogens is 192 g/mol. The predicted octanol–water partition coefficient (Wildman–Crippen LogP) is 6.04. The minimum absolute atomic E-state index is 1.22. The number of rotatable bonds is 10. The van der Waals surface area contributed by atoms with E-state index in [4.69, 9.17) is 0 Å². The molecule has 0 nitrogen and oxygen atoms in total. The maximum absolute atomic E-state index is 2.47. The minimum Gasteiger partial charge on any atom is -0.0885 e. The second-order valence-electron chi connectivity index (χ2n) is 4.55. The first-order valence-electron chi connectivity index (χ1n) is 7.18. The molecule has 0 radical (unpaired) electrons. The Morgan fingerprint density at radius 1 is 0.750 bits per heavy atom. The molecule has 0 aromatic rings. The molecule has 0 atom stereocenters. The van der Waals surface area contributed by atoms with E-state index in [-0.39, 0.29) is 0 Å². The Hall–Kier alpha value is -0.520. The summed E-state index contributed by atoms with van der Waals surface area (Å²) in [5.74, 6) is 0. The van der Waals surface area contributed by atoms with Gasteiger partial charge in [-0.05, 0) is 32.1 Å². The molecule has 0 heterocycles. The number of unbranched alkanes of at least 4 members (excludes halogenated alkanes) is 3. The second kappa shape index (κ2) is 12.5. The van der Waals surface area contributed by atoms with Gasteiger partial charge in [-0.25, -0.2) is 0 Å². The fourth-order valence-corrected chi connectivity index (χ4v) is 1.91. The van der Waals surface area contributed by atoms with Crippen molar-refractivity contribution in [2.24, 2.45) is 0 Å². The summed E-state index contributed by atoms with van der Waals surface area (Å²) in [5.41, 5.74) is 1.67. The lowest BCUT2D eigenvalue weighted by molar-refractivity contribution is 0.790. The Bertz CT molecular complexity index is 178. The van der Waals surface area contributed by atoms with E-state index in [1.54, 1.807) is 5.57 Å². The van der Waals surface area contributed by atoms with Crippen LogP contribution < -0.4 is 0 Å². The van der Waals surface area contributed by atoms with Gasteiger partial charge in [-0.3, -0.25) is 0 Å². The lowest BCUT2D eigenvalue weighted by Crippen LogP contribution is -1.83. The summed E-state index contributed by atoms with van der Waals surface area (Å²) in [4.78, 5) is 0. The molecule has 0 unspecified atom stereocenters. The number of hydrogen-bond acceptors (Lipinski definition) is 0. The standard InChI is InChI=1S/C16H30/c1-4-7-8-9-10-11-12-15-16(13-5-2)14-6-3/h9-10,15H,4-8,11-14H2,1-3H3/b10-9+. The van der Waals surface area contributed by atoms with E-state index in [0.29, 0.717) is 0 Å². The van der Waals surface area contributed by atoms with Gasteiger partial charge in [0.15, 0.2) is 0 Å². The van der Waals surface area contributed by atoms with Crippen molar-refractivity contribution in [1.82, 2.24) is 0 Å². The SMILES string of the molecule is CCCC/C=C/CCC=C(CCC)CCC. The molecule has 0 saturated carbocycles. The molecule has 0 fully saturated rings. The zero-order valence-electron chi connectivity index (χ0n) is 11.6. The number of hydrogen-bond donors (Lipinski definition) is 0. The average Bonchev–Trinajstić information content (AvgIpc) is 2.28. The van der Waals surface area contributed by atoms with Crippen LogP contribution in [-0.2, 0) is 0 Å². The fourth-order valence-electron chi connectivity index (χ4n) is 1.91. The molecule has 0 saturated heterocycles. The molecule has 0 rings (SSSR count). The van der Waals surface area contributed by atoms with Gasteiger partial charge in [0.1, 0.15) is 0 Å². The summed E-state index contributed by atoms with van der Waals surface area (Å²) in [5, 5.41) is 0. The molecule has 0 N–H and O–H groups in total. The van der Waals surface area contributed by atoms with Crippen molar-refractivity contribution < 1.29 is 0 Å². The third-order valence-corrected chi connectivity index (χ3v) is 2.80.